The predicted molar refractivity (Wildman–Crippen MR) is 139 cm³/mol. The van der Waals surface area contributed by atoms with Gasteiger partial charge in [-0.05, 0) is 51.1 Å². The predicted octanol–water partition coefficient (Wildman–Crippen LogP) is 8.84. The van der Waals surface area contributed by atoms with E-state index in [0.717, 1.165) is 25.9 Å². The number of hydrogen-bond donors (Lipinski definition) is 1. The molecule has 0 heterocycles. The van der Waals surface area contributed by atoms with E-state index < -0.39 is 0 Å². The molecule has 0 saturated heterocycles. The van der Waals surface area contributed by atoms with Crippen molar-refractivity contribution in [1.82, 2.24) is 5.32 Å². The monoisotopic (exact) mass is 441 g/mol. The Bertz CT molecular complexity index is 333. The maximum Gasteiger partial charge on any atom is 0.305 e. The summed E-state index contributed by atoms with van der Waals surface area (Å²) in [7, 11) is 0. The Kier molecular flexibility index (Phi) is 31.0. The molecule has 0 aliphatic rings. The Morgan fingerprint density at radius 2 is 1.10 bits per heavy atom. The third kappa shape index (κ3) is 27.4. The second kappa shape index (κ2) is 29.4. The summed E-state index contributed by atoms with van der Waals surface area (Å²) in [6.07, 6.45) is 22.0. The topological polar surface area (TPSA) is 38.3 Å². The third-order valence-electron chi connectivity index (χ3n) is 5.85. The summed E-state index contributed by atoms with van der Waals surface area (Å²) in [5, 5.41) is 3.53. The smallest absolute Gasteiger partial charge is 0.305 e. The summed E-state index contributed by atoms with van der Waals surface area (Å²) in [4.78, 5) is 12.1. The maximum atomic E-state index is 12.1. The Hall–Kier alpha value is -0.570. The lowest BCUT2D eigenvalue weighted by Gasteiger charge is -2.17. The zero-order chi connectivity index (χ0) is 23.4. The molecule has 0 radical (unpaired) electrons. The lowest BCUT2D eigenvalue weighted by atomic mass is 9.95. The van der Waals surface area contributed by atoms with Gasteiger partial charge in [0, 0.05) is 6.42 Å². The summed E-state index contributed by atoms with van der Waals surface area (Å²) in [6, 6.07) is 0. The molecule has 0 spiro atoms. The normalized spacial score (nSPS) is 11.6. The van der Waals surface area contributed by atoms with Gasteiger partial charge in [0.2, 0.25) is 0 Å². The summed E-state index contributed by atoms with van der Waals surface area (Å²) in [5.41, 5.74) is 0. The number of carbonyl (C=O) groups is 1. The minimum Gasteiger partial charge on any atom is -0.465 e. The molecule has 0 aliphatic heterocycles. The van der Waals surface area contributed by atoms with Gasteiger partial charge >= 0.3 is 5.97 Å². The van der Waals surface area contributed by atoms with Crippen molar-refractivity contribution in [2.45, 2.75) is 150 Å². The highest BCUT2D eigenvalue weighted by Gasteiger charge is 2.12. The molecule has 0 aromatic rings. The first-order valence-corrected chi connectivity index (χ1v) is 14.1. The number of nitrogens with one attached hydrogen (secondary N) is 1. The van der Waals surface area contributed by atoms with Crippen LogP contribution in [0.25, 0.3) is 0 Å². The van der Waals surface area contributed by atoms with Gasteiger partial charge in [-0.1, -0.05) is 112 Å². The van der Waals surface area contributed by atoms with Crippen LogP contribution in [0, 0.1) is 5.92 Å². The van der Waals surface area contributed by atoms with Crippen molar-refractivity contribution in [2.24, 2.45) is 5.92 Å². The van der Waals surface area contributed by atoms with Crippen LogP contribution in [-0.2, 0) is 9.53 Å². The first-order chi connectivity index (χ1) is 15.2. The molecule has 1 atom stereocenters. The Labute approximate surface area is 196 Å². The van der Waals surface area contributed by atoms with E-state index in [9.17, 15) is 4.79 Å². The third-order valence-corrected chi connectivity index (χ3v) is 5.85. The van der Waals surface area contributed by atoms with Crippen LogP contribution in [0.2, 0.25) is 0 Å². The number of esters is 1. The number of carbonyl (C=O) groups excluding carboxylic acids is 1. The second-order valence-corrected chi connectivity index (χ2v) is 8.87. The number of hydrogen-bond acceptors (Lipinski definition) is 3. The molecular formula is C28H59NO2. The quantitative estimate of drug-likeness (QED) is 0.127. The van der Waals surface area contributed by atoms with Gasteiger partial charge in [-0.3, -0.25) is 4.79 Å². The number of unbranched alkanes of at least 4 members (excludes halogenated alkanes) is 11. The van der Waals surface area contributed by atoms with E-state index in [1.54, 1.807) is 0 Å². The Balaban J connectivity index is 0. The van der Waals surface area contributed by atoms with Crippen molar-refractivity contribution < 1.29 is 9.53 Å². The highest BCUT2D eigenvalue weighted by Crippen LogP contribution is 2.19. The Morgan fingerprint density at radius 3 is 1.68 bits per heavy atom. The molecule has 3 heteroatoms. The molecule has 0 rings (SSSR count). The van der Waals surface area contributed by atoms with Crippen LogP contribution in [0.1, 0.15) is 150 Å². The van der Waals surface area contributed by atoms with Crippen LogP contribution in [0.4, 0.5) is 0 Å². The van der Waals surface area contributed by atoms with E-state index in [-0.39, 0.29) is 5.97 Å². The first kappa shape index (κ1) is 32.6. The number of ether oxygens (including phenoxy) is 1. The van der Waals surface area contributed by atoms with Gasteiger partial charge in [-0.15, -0.1) is 0 Å². The minimum atomic E-state index is 0.0214. The first-order valence-electron chi connectivity index (χ1n) is 14.1. The van der Waals surface area contributed by atoms with Crippen LogP contribution in [0.5, 0.6) is 0 Å². The summed E-state index contributed by atoms with van der Waals surface area (Å²) < 4.78 is 5.63. The van der Waals surface area contributed by atoms with Gasteiger partial charge in [0.15, 0.2) is 0 Å². The molecule has 0 fully saturated rings. The average molecular weight is 442 g/mol. The summed E-state index contributed by atoms with van der Waals surface area (Å²) >= 11 is 0. The summed E-state index contributed by atoms with van der Waals surface area (Å²) in [5.74, 6) is 0.596. The minimum absolute atomic E-state index is 0.0214. The standard InChI is InChI=1S/C26H53NO2.C2H6/c1-4-7-10-15-20-25(19-14-9-6-3)24-29-26(28)21-16-12-13-18-23-27-22-17-11-8-5-2;1-2/h25,27H,4-24H2,1-3H3;1-2H3. The van der Waals surface area contributed by atoms with Crippen molar-refractivity contribution >= 4 is 5.97 Å². The van der Waals surface area contributed by atoms with Gasteiger partial charge in [-0.2, -0.15) is 0 Å². The molecule has 0 aromatic heterocycles. The lowest BCUT2D eigenvalue weighted by Crippen LogP contribution is -2.16. The molecule has 0 bridgehead atoms. The van der Waals surface area contributed by atoms with E-state index in [1.807, 2.05) is 13.8 Å². The Morgan fingerprint density at radius 1 is 0.645 bits per heavy atom. The highest BCUT2D eigenvalue weighted by atomic mass is 16.5. The van der Waals surface area contributed by atoms with Gasteiger partial charge in [0.1, 0.15) is 0 Å². The van der Waals surface area contributed by atoms with Gasteiger partial charge in [-0.25, -0.2) is 0 Å². The van der Waals surface area contributed by atoms with Crippen molar-refractivity contribution in [3.8, 4) is 0 Å². The number of rotatable bonds is 23. The molecular weight excluding hydrogens is 382 g/mol. The molecule has 1 unspecified atom stereocenters. The van der Waals surface area contributed by atoms with E-state index in [4.69, 9.17) is 4.74 Å². The lowest BCUT2D eigenvalue weighted by molar-refractivity contribution is -0.145. The zero-order valence-corrected chi connectivity index (χ0v) is 22.2. The fourth-order valence-electron chi connectivity index (χ4n) is 3.81. The van der Waals surface area contributed by atoms with E-state index in [1.165, 1.54) is 96.3 Å². The van der Waals surface area contributed by atoms with E-state index >= 15 is 0 Å². The SMILES string of the molecule is CC.CCCCCCNCCCCCCC(=O)OCC(CCCCC)CCCCCC. The van der Waals surface area contributed by atoms with Crippen molar-refractivity contribution in [2.75, 3.05) is 19.7 Å². The van der Waals surface area contributed by atoms with Crippen molar-refractivity contribution in [3.63, 3.8) is 0 Å². The molecule has 31 heavy (non-hydrogen) atoms. The van der Waals surface area contributed by atoms with Crippen LogP contribution in [-0.4, -0.2) is 25.7 Å². The average Bonchev–Trinajstić information content (AvgIpc) is 2.79. The summed E-state index contributed by atoms with van der Waals surface area (Å²) in [6.45, 7) is 13.7. The second-order valence-electron chi connectivity index (χ2n) is 8.87. The van der Waals surface area contributed by atoms with Crippen LogP contribution in [0.15, 0.2) is 0 Å². The molecule has 1 N–H and O–H groups in total. The molecule has 188 valence electrons. The van der Waals surface area contributed by atoms with E-state index in [2.05, 4.69) is 26.1 Å². The zero-order valence-electron chi connectivity index (χ0n) is 22.2. The maximum absolute atomic E-state index is 12.1. The molecule has 0 aliphatic carbocycles. The molecule has 0 amide bonds. The highest BCUT2D eigenvalue weighted by molar-refractivity contribution is 5.69. The van der Waals surface area contributed by atoms with Crippen LogP contribution in [0.3, 0.4) is 0 Å². The fraction of sp³-hybridized carbons (Fsp3) is 0.964. The fourth-order valence-corrected chi connectivity index (χ4v) is 3.81. The van der Waals surface area contributed by atoms with Crippen LogP contribution < -0.4 is 5.32 Å². The molecule has 0 saturated carbocycles. The molecule has 0 aromatic carbocycles. The van der Waals surface area contributed by atoms with Crippen molar-refractivity contribution in [1.29, 1.82) is 0 Å². The van der Waals surface area contributed by atoms with E-state index in [0.29, 0.717) is 18.9 Å². The van der Waals surface area contributed by atoms with Crippen LogP contribution >= 0.6 is 0 Å². The van der Waals surface area contributed by atoms with Gasteiger partial charge < -0.3 is 10.1 Å². The molecule has 3 nitrogen and oxygen atoms in total. The van der Waals surface area contributed by atoms with Gasteiger partial charge in [0.05, 0.1) is 6.61 Å². The van der Waals surface area contributed by atoms with Crippen molar-refractivity contribution in [3.05, 3.63) is 0 Å². The largest absolute Gasteiger partial charge is 0.465 e. The van der Waals surface area contributed by atoms with Gasteiger partial charge in [0.25, 0.3) is 0 Å².